The van der Waals surface area contributed by atoms with Gasteiger partial charge in [0.15, 0.2) is 27.7 Å². The van der Waals surface area contributed by atoms with Crippen molar-refractivity contribution < 1.29 is 52.8 Å². The highest BCUT2D eigenvalue weighted by molar-refractivity contribution is 6.31. The SMILES string of the molecule is CC1(C)CCC2(CC1)N[C@@H](C(=O)O)[C@H](c1ccnc(Cl)c1F)C21C(=O)Nc2cc(Cl)ncc21.C[C@@H](O)[C@@H]1CC[C@@H](CC(=O)[C@@H]2NC3(CCC(C)(C)CC3)[C@@]3(C(=O)Nc4cc(Cl)ncc43)[C@H]2c2ccnc(Cl)c2F)CO1.C[C@@H](O)[C@@H]1CC[C@@H](N)CO1.Cl.Cl. The van der Waals surface area contributed by atoms with Gasteiger partial charge in [-0.05, 0) is 143 Å². The summed E-state index contributed by atoms with van der Waals surface area (Å²) >= 11 is 24.6. The van der Waals surface area contributed by atoms with E-state index in [0.29, 0.717) is 67.8 Å². The summed E-state index contributed by atoms with van der Waals surface area (Å²) in [5.41, 5.74) is 3.45. The second kappa shape index (κ2) is 26.3. The molecule has 12 atom stereocenters. The van der Waals surface area contributed by atoms with E-state index in [1.54, 1.807) is 32.2 Å². The number of anilines is 2. The highest BCUT2D eigenvalue weighted by Crippen LogP contribution is 2.66. The van der Waals surface area contributed by atoms with Crippen LogP contribution in [0, 0.1) is 28.4 Å². The van der Waals surface area contributed by atoms with Crippen LogP contribution in [0.25, 0.3) is 0 Å². The minimum atomic E-state index is -1.43. The van der Waals surface area contributed by atoms with E-state index in [2.05, 4.69) is 68.9 Å². The van der Waals surface area contributed by atoms with E-state index in [-0.39, 0.29) is 116 Å². The Hall–Kier alpha value is -4.00. The third-order valence-electron chi connectivity index (χ3n) is 20.0. The van der Waals surface area contributed by atoms with E-state index in [9.17, 15) is 29.4 Å². The maximum atomic E-state index is 16.0. The Balaban J connectivity index is 0.000000194. The molecule has 1 unspecified atom stereocenters. The molecule has 12 rings (SSSR count). The second-order valence-electron chi connectivity index (χ2n) is 26.3. The molecule has 4 aromatic rings. The average molecular weight is 1330 g/mol. The first-order valence-electron chi connectivity index (χ1n) is 29.3. The van der Waals surface area contributed by atoms with Crippen molar-refractivity contribution in [2.75, 3.05) is 23.8 Å². The zero-order chi connectivity index (χ0) is 61.3. The maximum absolute atomic E-state index is 16.0. The molecular weight excluding hydrogens is 1250 g/mol. The highest BCUT2D eigenvalue weighted by atomic mass is 35.5. The number of carbonyl (C=O) groups is 4. The third kappa shape index (κ3) is 12.4. The Morgan fingerprint density at radius 3 is 1.46 bits per heavy atom. The molecule has 2 saturated carbocycles. The number of amides is 2. The lowest BCUT2D eigenvalue weighted by Crippen LogP contribution is -2.61. The molecular formula is C61H77Cl6F2N9O9. The Kier molecular flexibility index (Phi) is 20.8. The minimum absolute atomic E-state index is 0. The largest absolute Gasteiger partial charge is 0.480 e. The van der Waals surface area contributed by atoms with Gasteiger partial charge in [0.2, 0.25) is 11.8 Å². The van der Waals surface area contributed by atoms with E-state index in [1.807, 2.05) is 0 Å². The molecule has 10 heterocycles. The fourth-order valence-electron chi connectivity index (χ4n) is 15.4. The van der Waals surface area contributed by atoms with Gasteiger partial charge in [0.05, 0.1) is 43.7 Å². The standard InChI is InChI=1S/C31H37Cl2FN4O4.C23H23Cl2FN4O3.C7H15NO2.2ClH/c1-16(39)22-5-4-17(15-42-22)12-21(40)26-24(18-6-11-35-27(33)25(18)34)31(30(38-26)9-7-29(2,3)8-10-30)19-14-36-23(32)13-20(19)37-28(31)41;1-21(2)4-6-22(7-5-21)23(12-10-28-14(24)9-13(12)29-20(23)33)15(17(30-22)19(31)32)11-3-8-27-18(25)16(11)26;1-5(9)7-3-2-6(8)4-10-7;;/h6,11,13-14,16-17,22,24,26,38-39H,4-5,7-10,12,15H2,1-3H3,(H,37,41);3,8-10,15,17,30H,4-7H2,1-2H3,(H,29,33)(H,31,32);5-7,9H,2-4,8H2,1H3;2*1H/t16-,17+,22+,24+,26+,31-;15-,17+,23?;5-,6-,7+;;/m101../s1. The summed E-state index contributed by atoms with van der Waals surface area (Å²) in [4.78, 5) is 71.7. The second-order valence-corrected chi connectivity index (χ2v) is 27.8. The number of hydrogen-bond acceptors (Lipinski definition) is 15. The zero-order valence-corrected chi connectivity index (χ0v) is 53.9. The fraction of sp³-hybridized carbons (Fsp3) is 0.607. The summed E-state index contributed by atoms with van der Waals surface area (Å²) in [6.07, 6.45) is 13.6. The van der Waals surface area contributed by atoms with Gasteiger partial charge in [0, 0.05) is 82.7 Å². The number of nitrogens with zero attached hydrogens (tertiary/aromatic N) is 4. The predicted octanol–water partition coefficient (Wildman–Crippen LogP) is 10.4. The van der Waals surface area contributed by atoms with Crippen LogP contribution in [0.1, 0.15) is 159 Å². The lowest BCUT2D eigenvalue weighted by molar-refractivity contribution is -0.139. The van der Waals surface area contributed by atoms with Crippen molar-refractivity contribution in [2.24, 2.45) is 22.5 Å². The summed E-state index contributed by atoms with van der Waals surface area (Å²) < 4.78 is 42.5. The summed E-state index contributed by atoms with van der Waals surface area (Å²) in [6.45, 7) is 13.1. The lowest BCUT2D eigenvalue weighted by atomic mass is 9.53. The van der Waals surface area contributed by atoms with Gasteiger partial charge >= 0.3 is 5.97 Å². The first kappa shape index (κ1) is 68.9. The summed E-state index contributed by atoms with van der Waals surface area (Å²) in [5, 5.41) is 41.9. The topological polar surface area (TPSA) is 273 Å². The molecule has 26 heteroatoms. The van der Waals surface area contributed by atoms with Crippen LogP contribution in [-0.2, 0) is 39.5 Å². The van der Waals surface area contributed by atoms with Crippen molar-refractivity contribution in [3.8, 4) is 0 Å². The number of aliphatic hydroxyl groups excluding tert-OH is 2. The molecule has 4 saturated heterocycles. The normalized spacial score (nSPS) is 30.9. The number of aromatic nitrogens is 4. The molecule has 2 amide bonds. The van der Waals surface area contributed by atoms with Gasteiger partial charge in [0.1, 0.15) is 27.2 Å². The van der Waals surface area contributed by atoms with E-state index < -0.39 is 75.4 Å². The van der Waals surface area contributed by atoms with Crippen molar-refractivity contribution in [1.29, 1.82) is 0 Å². The van der Waals surface area contributed by atoms with Crippen LogP contribution in [0.5, 0.6) is 0 Å². The van der Waals surface area contributed by atoms with E-state index in [0.717, 1.165) is 44.9 Å². The number of aliphatic carboxylic acids is 1. The Morgan fingerprint density at radius 2 is 1.07 bits per heavy atom. The number of halogens is 8. The Labute approximate surface area is 537 Å². The number of hydrogen-bond donors (Lipinski definition) is 8. The molecule has 4 aromatic heterocycles. The van der Waals surface area contributed by atoms with Gasteiger partial charge in [-0.25, -0.2) is 28.7 Å². The van der Waals surface area contributed by atoms with Crippen LogP contribution in [0.15, 0.2) is 49.1 Å². The van der Waals surface area contributed by atoms with E-state index >= 15 is 8.78 Å². The van der Waals surface area contributed by atoms with Gasteiger partial charge in [-0.15, -0.1) is 24.8 Å². The number of carboxylic acids is 1. The number of rotatable bonds is 8. The zero-order valence-electron chi connectivity index (χ0n) is 49.2. The van der Waals surface area contributed by atoms with E-state index in [1.165, 1.54) is 30.7 Å². The van der Waals surface area contributed by atoms with Gasteiger partial charge in [-0.1, -0.05) is 74.1 Å². The van der Waals surface area contributed by atoms with Crippen molar-refractivity contribution in [1.82, 2.24) is 30.6 Å². The van der Waals surface area contributed by atoms with Crippen LogP contribution in [0.3, 0.4) is 0 Å². The molecule has 6 aliphatic heterocycles. The number of ketones is 1. The van der Waals surface area contributed by atoms with Crippen LogP contribution in [0.2, 0.25) is 20.6 Å². The molecule has 8 aliphatic rings. The molecule has 4 spiro atoms. The van der Waals surface area contributed by atoms with Crippen LogP contribution in [-0.4, -0.2) is 126 Å². The summed E-state index contributed by atoms with van der Waals surface area (Å²) in [5.74, 6) is -5.59. The molecule has 87 heavy (non-hydrogen) atoms. The van der Waals surface area contributed by atoms with Crippen LogP contribution >= 0.6 is 71.2 Å². The maximum Gasteiger partial charge on any atom is 0.321 e. The Morgan fingerprint density at radius 1 is 0.655 bits per heavy atom. The third-order valence-corrected chi connectivity index (χ3v) is 21.0. The van der Waals surface area contributed by atoms with Gasteiger partial charge in [-0.2, -0.15) is 0 Å². The van der Waals surface area contributed by atoms with Crippen molar-refractivity contribution in [3.05, 3.63) is 104 Å². The number of carbonyl (C=O) groups excluding carboxylic acids is 3. The molecule has 0 radical (unpaired) electrons. The van der Waals surface area contributed by atoms with Crippen molar-refractivity contribution in [3.63, 3.8) is 0 Å². The lowest BCUT2D eigenvalue weighted by Gasteiger charge is -2.50. The van der Waals surface area contributed by atoms with Crippen LogP contribution in [0.4, 0.5) is 20.2 Å². The van der Waals surface area contributed by atoms with Gasteiger partial charge in [0.25, 0.3) is 0 Å². The number of nitrogens with two attached hydrogens (primary N) is 1. The van der Waals surface area contributed by atoms with Crippen molar-refractivity contribution in [2.45, 2.75) is 201 Å². The molecule has 2 aliphatic carbocycles. The average Bonchev–Trinajstić information content (AvgIpc) is 1.53. The molecule has 0 aromatic carbocycles. The fourth-order valence-corrected chi connectivity index (χ4v) is 16.1. The molecule has 6 fully saturated rings. The van der Waals surface area contributed by atoms with Gasteiger partial charge < -0.3 is 41.2 Å². The van der Waals surface area contributed by atoms with Crippen molar-refractivity contribution >= 4 is 106 Å². The highest BCUT2D eigenvalue weighted by Gasteiger charge is 2.75. The quantitative estimate of drug-likeness (QED) is 0.0762. The van der Waals surface area contributed by atoms with Crippen LogP contribution < -0.4 is 27.0 Å². The number of carboxylic acid groups (broad SMARTS) is 1. The number of ether oxygens (including phenoxy) is 2. The summed E-state index contributed by atoms with van der Waals surface area (Å²) in [7, 11) is 0. The molecule has 476 valence electrons. The number of pyridine rings is 4. The minimum Gasteiger partial charge on any atom is -0.480 e. The molecule has 0 bridgehead atoms. The summed E-state index contributed by atoms with van der Waals surface area (Å²) in [6, 6.07) is 4.18. The monoisotopic (exact) mass is 1330 g/mol. The number of aliphatic hydroxyl groups is 2. The van der Waals surface area contributed by atoms with E-state index in [4.69, 9.17) is 66.7 Å². The number of Topliss-reactive ketones (excluding diaryl/α,β-unsaturated/α-hetero) is 1. The first-order chi connectivity index (χ1) is 40.1. The number of fused-ring (bicyclic) bond motifs is 6. The predicted molar refractivity (Wildman–Crippen MR) is 331 cm³/mol. The Bertz CT molecular complexity index is 3220. The number of nitrogens with one attached hydrogen (secondary N) is 4. The van der Waals surface area contributed by atoms with Gasteiger partial charge in [-0.3, -0.25) is 29.8 Å². The molecule has 18 nitrogen and oxygen atoms in total. The first-order valence-corrected chi connectivity index (χ1v) is 30.8. The molecule has 9 N–H and O–H groups in total. The smallest absolute Gasteiger partial charge is 0.321 e.